The lowest BCUT2D eigenvalue weighted by molar-refractivity contribution is 0.183. The van der Waals surface area contributed by atoms with Gasteiger partial charge in [0.2, 0.25) is 0 Å². The molecule has 2 atom stereocenters. The molecule has 96 valence electrons. The van der Waals surface area contributed by atoms with Gasteiger partial charge in [-0.3, -0.25) is 0 Å². The van der Waals surface area contributed by atoms with Gasteiger partial charge in [0.05, 0.1) is 6.61 Å². The Bertz CT molecular complexity index is 422. The highest BCUT2D eigenvalue weighted by atomic mass is 16.5. The lowest BCUT2D eigenvalue weighted by Gasteiger charge is -2.20. The lowest BCUT2D eigenvalue weighted by Crippen LogP contribution is -2.26. The van der Waals surface area contributed by atoms with Crippen LogP contribution < -0.4 is 10.1 Å². The molecule has 0 aromatic heterocycles. The zero-order chi connectivity index (χ0) is 12.8. The van der Waals surface area contributed by atoms with E-state index in [0.717, 1.165) is 31.1 Å². The number of nitrogens with zero attached hydrogens (tertiary/aromatic N) is 1. The summed E-state index contributed by atoms with van der Waals surface area (Å²) in [6, 6.07) is 10.0. The average Bonchev–Trinajstić information content (AvgIpc) is 2.91. The Labute approximate surface area is 108 Å². The fourth-order valence-corrected chi connectivity index (χ4v) is 2.12. The van der Waals surface area contributed by atoms with Gasteiger partial charge in [-0.1, -0.05) is 6.07 Å². The van der Waals surface area contributed by atoms with Gasteiger partial charge in [-0.05, 0) is 25.5 Å². The van der Waals surface area contributed by atoms with Crippen molar-refractivity contribution in [3.05, 3.63) is 24.3 Å². The highest BCUT2D eigenvalue weighted by molar-refractivity contribution is 5.48. The number of ether oxygens (including phenoxy) is 2. The van der Waals surface area contributed by atoms with Gasteiger partial charge in [0.15, 0.2) is 6.61 Å². The van der Waals surface area contributed by atoms with Crippen molar-refractivity contribution in [2.24, 2.45) is 5.92 Å². The average molecular weight is 246 g/mol. The summed E-state index contributed by atoms with van der Waals surface area (Å²) in [5.74, 6) is 1.28. The van der Waals surface area contributed by atoms with Crippen molar-refractivity contribution in [1.29, 1.82) is 5.26 Å². The number of benzene rings is 1. The van der Waals surface area contributed by atoms with Crippen molar-refractivity contribution >= 4 is 5.69 Å². The smallest absolute Gasteiger partial charge is 0.174 e. The number of hydrogen-bond acceptors (Lipinski definition) is 4. The van der Waals surface area contributed by atoms with Crippen molar-refractivity contribution in [1.82, 2.24) is 0 Å². The van der Waals surface area contributed by atoms with Crippen molar-refractivity contribution in [3.63, 3.8) is 0 Å². The van der Waals surface area contributed by atoms with Crippen LogP contribution in [0, 0.1) is 17.2 Å². The Morgan fingerprint density at radius 2 is 2.50 bits per heavy atom. The quantitative estimate of drug-likeness (QED) is 0.867. The van der Waals surface area contributed by atoms with Gasteiger partial charge in [0.1, 0.15) is 11.8 Å². The summed E-state index contributed by atoms with van der Waals surface area (Å²) >= 11 is 0. The Hall–Kier alpha value is -1.73. The summed E-state index contributed by atoms with van der Waals surface area (Å²) < 4.78 is 10.7. The van der Waals surface area contributed by atoms with Gasteiger partial charge < -0.3 is 14.8 Å². The first-order valence-electron chi connectivity index (χ1n) is 6.23. The molecule has 1 N–H and O–H groups in total. The molecule has 0 aliphatic carbocycles. The summed E-state index contributed by atoms with van der Waals surface area (Å²) in [6.07, 6.45) is 1.11. The van der Waals surface area contributed by atoms with Gasteiger partial charge >= 0.3 is 0 Å². The van der Waals surface area contributed by atoms with Crippen LogP contribution in [-0.4, -0.2) is 25.9 Å². The molecule has 2 rings (SSSR count). The molecule has 4 nitrogen and oxygen atoms in total. The van der Waals surface area contributed by atoms with E-state index in [1.165, 1.54) is 0 Å². The van der Waals surface area contributed by atoms with E-state index in [9.17, 15) is 0 Å². The van der Waals surface area contributed by atoms with E-state index in [0.29, 0.717) is 12.0 Å². The van der Waals surface area contributed by atoms with Crippen molar-refractivity contribution in [3.8, 4) is 11.8 Å². The van der Waals surface area contributed by atoms with Crippen molar-refractivity contribution in [2.75, 3.05) is 25.1 Å². The third-order valence-electron chi connectivity index (χ3n) is 3.20. The molecule has 1 aliphatic heterocycles. The molecule has 2 unspecified atom stereocenters. The van der Waals surface area contributed by atoms with Crippen LogP contribution in [0.15, 0.2) is 24.3 Å². The molecule has 0 radical (unpaired) electrons. The van der Waals surface area contributed by atoms with Crippen LogP contribution in [0.25, 0.3) is 0 Å². The summed E-state index contributed by atoms with van der Waals surface area (Å²) in [5.41, 5.74) is 1.02. The number of anilines is 1. The number of rotatable bonds is 5. The van der Waals surface area contributed by atoms with Crippen LogP contribution in [0.5, 0.6) is 5.75 Å². The molecular formula is C14H18N2O2. The van der Waals surface area contributed by atoms with Gasteiger partial charge in [-0.25, -0.2) is 0 Å². The van der Waals surface area contributed by atoms with E-state index in [4.69, 9.17) is 14.7 Å². The second kappa shape index (κ2) is 6.27. The van der Waals surface area contributed by atoms with Crippen LogP contribution >= 0.6 is 0 Å². The maximum absolute atomic E-state index is 8.48. The van der Waals surface area contributed by atoms with E-state index < -0.39 is 0 Å². The summed E-state index contributed by atoms with van der Waals surface area (Å²) in [5, 5.41) is 11.9. The fourth-order valence-electron chi connectivity index (χ4n) is 2.12. The van der Waals surface area contributed by atoms with E-state index in [1.54, 1.807) is 0 Å². The third kappa shape index (κ3) is 3.38. The molecule has 1 aromatic rings. The van der Waals surface area contributed by atoms with Crippen LogP contribution in [0.1, 0.15) is 13.3 Å². The Morgan fingerprint density at radius 3 is 3.22 bits per heavy atom. The first-order valence-corrected chi connectivity index (χ1v) is 6.23. The molecular weight excluding hydrogens is 228 g/mol. The minimum absolute atomic E-state index is 0.0788. The fraction of sp³-hybridized carbons (Fsp3) is 0.500. The van der Waals surface area contributed by atoms with Crippen molar-refractivity contribution in [2.45, 2.75) is 19.4 Å². The van der Waals surface area contributed by atoms with Gasteiger partial charge in [0.25, 0.3) is 0 Å². The minimum atomic E-state index is 0.0788. The van der Waals surface area contributed by atoms with Crippen LogP contribution in [-0.2, 0) is 4.74 Å². The Kier molecular flexibility index (Phi) is 4.43. The topological polar surface area (TPSA) is 54.3 Å². The number of hydrogen-bond donors (Lipinski definition) is 1. The van der Waals surface area contributed by atoms with Crippen LogP contribution in [0.4, 0.5) is 5.69 Å². The highest BCUT2D eigenvalue weighted by Gasteiger charge is 2.22. The molecule has 0 spiro atoms. The summed E-state index contributed by atoms with van der Waals surface area (Å²) in [7, 11) is 0. The van der Waals surface area contributed by atoms with Crippen LogP contribution in [0.2, 0.25) is 0 Å². The zero-order valence-electron chi connectivity index (χ0n) is 10.6. The maximum atomic E-state index is 8.48. The third-order valence-corrected chi connectivity index (χ3v) is 3.20. The van der Waals surface area contributed by atoms with Gasteiger partial charge in [-0.15, -0.1) is 0 Å². The molecule has 4 heteroatoms. The number of nitrogens with one attached hydrogen (secondary N) is 1. The predicted molar refractivity (Wildman–Crippen MR) is 69.6 cm³/mol. The Balaban J connectivity index is 1.93. The standard InChI is InChI=1S/C14H18N2O2/c1-11(12-5-7-17-10-12)16-13-3-2-4-14(9-13)18-8-6-15/h2-4,9,11-12,16H,5,7-8,10H2,1H3. The Morgan fingerprint density at radius 1 is 1.61 bits per heavy atom. The molecule has 18 heavy (non-hydrogen) atoms. The second-order valence-electron chi connectivity index (χ2n) is 4.53. The summed E-state index contributed by atoms with van der Waals surface area (Å²) in [6.45, 7) is 3.94. The second-order valence-corrected chi connectivity index (χ2v) is 4.53. The number of nitriles is 1. The molecule has 1 aliphatic rings. The predicted octanol–water partition coefficient (Wildman–Crippen LogP) is 2.43. The summed E-state index contributed by atoms with van der Waals surface area (Å²) in [4.78, 5) is 0. The molecule has 1 saturated heterocycles. The zero-order valence-corrected chi connectivity index (χ0v) is 10.6. The monoisotopic (exact) mass is 246 g/mol. The molecule has 0 bridgehead atoms. The largest absolute Gasteiger partial charge is 0.479 e. The highest BCUT2D eigenvalue weighted by Crippen LogP contribution is 2.22. The lowest BCUT2D eigenvalue weighted by atomic mass is 10.0. The van der Waals surface area contributed by atoms with Crippen LogP contribution in [0.3, 0.4) is 0 Å². The maximum Gasteiger partial charge on any atom is 0.174 e. The van der Waals surface area contributed by atoms with Gasteiger partial charge in [0, 0.05) is 30.3 Å². The normalized spacial score (nSPS) is 20.1. The van der Waals surface area contributed by atoms with E-state index in [1.807, 2.05) is 30.3 Å². The molecule has 0 amide bonds. The molecule has 1 heterocycles. The SMILES string of the molecule is CC(Nc1cccc(OCC#N)c1)C1CCOC1. The minimum Gasteiger partial charge on any atom is -0.479 e. The molecule has 0 saturated carbocycles. The molecule has 1 aromatic carbocycles. The van der Waals surface area contributed by atoms with E-state index in [2.05, 4.69) is 12.2 Å². The first kappa shape index (κ1) is 12.7. The molecule has 1 fully saturated rings. The van der Waals surface area contributed by atoms with Gasteiger partial charge in [-0.2, -0.15) is 5.26 Å². The van der Waals surface area contributed by atoms with E-state index in [-0.39, 0.29) is 6.61 Å². The first-order chi connectivity index (χ1) is 8.79. The van der Waals surface area contributed by atoms with E-state index >= 15 is 0 Å². The van der Waals surface area contributed by atoms with Crippen molar-refractivity contribution < 1.29 is 9.47 Å².